The average Bonchev–Trinajstić information content (AvgIpc) is 2.30. The molecule has 17 heavy (non-hydrogen) atoms. The van der Waals surface area contributed by atoms with Crippen molar-refractivity contribution >= 4 is 11.6 Å². The molecular formula is C13H19ClFNO. The van der Waals surface area contributed by atoms with Crippen molar-refractivity contribution in [3.05, 3.63) is 34.6 Å². The summed E-state index contributed by atoms with van der Waals surface area (Å²) in [6.45, 7) is 3.94. The SMILES string of the molecule is CNC(Cc1cccc(Cl)c1F)C(C)(C)OC. The third kappa shape index (κ3) is 3.41. The van der Waals surface area contributed by atoms with Crippen molar-refractivity contribution < 1.29 is 9.13 Å². The van der Waals surface area contributed by atoms with E-state index in [-0.39, 0.29) is 22.5 Å². The van der Waals surface area contributed by atoms with Crippen molar-refractivity contribution in [1.29, 1.82) is 0 Å². The van der Waals surface area contributed by atoms with Crippen LogP contribution in [-0.4, -0.2) is 25.8 Å². The zero-order valence-electron chi connectivity index (χ0n) is 10.7. The quantitative estimate of drug-likeness (QED) is 0.878. The van der Waals surface area contributed by atoms with Gasteiger partial charge in [-0.05, 0) is 38.9 Å². The van der Waals surface area contributed by atoms with Crippen LogP contribution in [0.2, 0.25) is 5.02 Å². The molecule has 1 unspecified atom stereocenters. The number of methoxy groups -OCH3 is 1. The van der Waals surface area contributed by atoms with Gasteiger partial charge in [-0.2, -0.15) is 0 Å². The van der Waals surface area contributed by atoms with Crippen LogP contribution in [0.25, 0.3) is 0 Å². The van der Waals surface area contributed by atoms with Crippen LogP contribution in [0.3, 0.4) is 0 Å². The van der Waals surface area contributed by atoms with Gasteiger partial charge in [0.1, 0.15) is 5.82 Å². The minimum Gasteiger partial charge on any atom is -0.377 e. The monoisotopic (exact) mass is 259 g/mol. The second kappa shape index (κ2) is 5.80. The molecule has 4 heteroatoms. The standard InChI is InChI=1S/C13H19ClFNO/c1-13(2,17-4)11(16-3)8-9-6-5-7-10(14)12(9)15/h5-7,11,16H,8H2,1-4H3. The summed E-state index contributed by atoms with van der Waals surface area (Å²) in [5.41, 5.74) is 0.228. The van der Waals surface area contributed by atoms with Gasteiger partial charge in [-0.25, -0.2) is 4.39 Å². The normalized spacial score (nSPS) is 13.8. The van der Waals surface area contributed by atoms with Crippen molar-refractivity contribution in [2.75, 3.05) is 14.2 Å². The molecule has 0 aliphatic heterocycles. The molecule has 0 bridgehead atoms. The molecule has 1 rings (SSSR count). The summed E-state index contributed by atoms with van der Waals surface area (Å²) in [5, 5.41) is 3.31. The first-order valence-corrected chi connectivity index (χ1v) is 5.95. The molecule has 0 aliphatic carbocycles. The second-order valence-electron chi connectivity index (χ2n) is 4.57. The van der Waals surface area contributed by atoms with Gasteiger partial charge in [0, 0.05) is 13.2 Å². The van der Waals surface area contributed by atoms with Crippen LogP contribution in [0.1, 0.15) is 19.4 Å². The molecule has 1 atom stereocenters. The topological polar surface area (TPSA) is 21.3 Å². The second-order valence-corrected chi connectivity index (χ2v) is 4.97. The number of hydrogen-bond donors (Lipinski definition) is 1. The lowest BCUT2D eigenvalue weighted by Crippen LogP contribution is -2.48. The molecule has 2 nitrogen and oxygen atoms in total. The maximum absolute atomic E-state index is 13.8. The fourth-order valence-corrected chi connectivity index (χ4v) is 1.96. The van der Waals surface area contributed by atoms with E-state index in [1.807, 2.05) is 20.9 Å². The van der Waals surface area contributed by atoms with Crippen molar-refractivity contribution in [1.82, 2.24) is 5.32 Å². The zero-order chi connectivity index (χ0) is 13.1. The molecule has 0 fully saturated rings. The average molecular weight is 260 g/mol. The summed E-state index contributed by atoms with van der Waals surface area (Å²) in [5.74, 6) is -0.346. The highest BCUT2D eigenvalue weighted by atomic mass is 35.5. The van der Waals surface area contributed by atoms with E-state index in [1.54, 1.807) is 25.3 Å². The van der Waals surface area contributed by atoms with Crippen LogP contribution >= 0.6 is 11.6 Å². The lowest BCUT2D eigenvalue weighted by molar-refractivity contribution is -0.00815. The van der Waals surface area contributed by atoms with Crippen molar-refractivity contribution in [2.45, 2.75) is 31.9 Å². The van der Waals surface area contributed by atoms with Gasteiger partial charge in [0.2, 0.25) is 0 Å². The van der Waals surface area contributed by atoms with Gasteiger partial charge in [-0.3, -0.25) is 0 Å². The Bertz CT molecular complexity index is 382. The van der Waals surface area contributed by atoms with Gasteiger partial charge in [0.25, 0.3) is 0 Å². The number of ether oxygens (including phenoxy) is 1. The summed E-state index contributed by atoms with van der Waals surface area (Å²) >= 11 is 5.76. The molecule has 1 aromatic rings. The van der Waals surface area contributed by atoms with Gasteiger partial charge in [0.05, 0.1) is 10.6 Å². The fourth-order valence-electron chi connectivity index (χ4n) is 1.76. The molecule has 96 valence electrons. The van der Waals surface area contributed by atoms with Gasteiger partial charge >= 0.3 is 0 Å². The molecule has 0 spiro atoms. The Labute approximate surface area is 107 Å². The number of hydrogen-bond acceptors (Lipinski definition) is 2. The molecule has 0 amide bonds. The van der Waals surface area contributed by atoms with Crippen LogP contribution in [0.4, 0.5) is 4.39 Å². The summed E-state index contributed by atoms with van der Waals surface area (Å²) in [6.07, 6.45) is 0.531. The first-order valence-electron chi connectivity index (χ1n) is 5.57. The molecule has 0 saturated heterocycles. The molecular weight excluding hydrogens is 241 g/mol. The van der Waals surface area contributed by atoms with E-state index in [0.29, 0.717) is 12.0 Å². The lowest BCUT2D eigenvalue weighted by atomic mass is 9.92. The van der Waals surface area contributed by atoms with E-state index in [0.717, 1.165) is 0 Å². The number of nitrogens with one attached hydrogen (secondary N) is 1. The Hall–Kier alpha value is -0.640. The van der Waals surface area contributed by atoms with Crippen LogP contribution in [0.5, 0.6) is 0 Å². The van der Waals surface area contributed by atoms with E-state index in [2.05, 4.69) is 5.32 Å². The van der Waals surface area contributed by atoms with Crippen molar-refractivity contribution in [2.24, 2.45) is 0 Å². The van der Waals surface area contributed by atoms with Crippen LogP contribution in [0, 0.1) is 5.82 Å². The predicted octanol–water partition coefficient (Wildman–Crippen LogP) is 3.03. The minimum absolute atomic E-state index is 0.0143. The number of benzene rings is 1. The van der Waals surface area contributed by atoms with E-state index < -0.39 is 0 Å². The highest BCUT2D eigenvalue weighted by Crippen LogP contribution is 2.23. The van der Waals surface area contributed by atoms with E-state index >= 15 is 0 Å². The molecule has 0 aliphatic rings. The maximum atomic E-state index is 13.8. The van der Waals surface area contributed by atoms with Gasteiger partial charge in [-0.1, -0.05) is 23.7 Å². The Morgan fingerprint density at radius 1 is 1.47 bits per heavy atom. The van der Waals surface area contributed by atoms with E-state index in [9.17, 15) is 4.39 Å². The molecule has 0 radical (unpaired) electrons. The summed E-state index contributed by atoms with van der Waals surface area (Å²) in [7, 11) is 3.49. The fraction of sp³-hybridized carbons (Fsp3) is 0.538. The minimum atomic E-state index is -0.372. The van der Waals surface area contributed by atoms with Crippen molar-refractivity contribution in [3.63, 3.8) is 0 Å². The first-order chi connectivity index (χ1) is 7.92. The summed E-state index contributed by atoms with van der Waals surface area (Å²) in [4.78, 5) is 0. The van der Waals surface area contributed by atoms with E-state index in [1.165, 1.54) is 0 Å². The third-order valence-corrected chi connectivity index (χ3v) is 3.46. The Morgan fingerprint density at radius 3 is 2.65 bits per heavy atom. The third-order valence-electron chi connectivity index (χ3n) is 3.17. The molecule has 0 heterocycles. The largest absolute Gasteiger partial charge is 0.377 e. The smallest absolute Gasteiger partial charge is 0.145 e. The van der Waals surface area contributed by atoms with Gasteiger partial charge < -0.3 is 10.1 Å². The summed E-state index contributed by atoms with van der Waals surface area (Å²) < 4.78 is 19.2. The highest BCUT2D eigenvalue weighted by Gasteiger charge is 2.28. The predicted molar refractivity (Wildman–Crippen MR) is 69.0 cm³/mol. The first kappa shape index (κ1) is 14.4. The maximum Gasteiger partial charge on any atom is 0.145 e. The number of rotatable bonds is 5. The summed E-state index contributed by atoms with van der Waals surface area (Å²) in [6, 6.07) is 5.07. The van der Waals surface area contributed by atoms with Crippen LogP contribution in [0.15, 0.2) is 18.2 Å². The Morgan fingerprint density at radius 2 is 2.12 bits per heavy atom. The lowest BCUT2D eigenvalue weighted by Gasteiger charge is -2.33. The number of halogens is 2. The molecule has 1 aromatic carbocycles. The Balaban J connectivity index is 2.92. The van der Waals surface area contributed by atoms with Gasteiger partial charge in [-0.15, -0.1) is 0 Å². The van der Waals surface area contributed by atoms with Crippen LogP contribution < -0.4 is 5.32 Å². The van der Waals surface area contributed by atoms with Gasteiger partial charge in [0.15, 0.2) is 0 Å². The molecule has 0 aromatic heterocycles. The number of likely N-dealkylation sites (N-methyl/N-ethyl adjacent to an activating group) is 1. The molecule has 0 saturated carbocycles. The van der Waals surface area contributed by atoms with Crippen LogP contribution in [-0.2, 0) is 11.2 Å². The highest BCUT2D eigenvalue weighted by molar-refractivity contribution is 6.30. The van der Waals surface area contributed by atoms with E-state index in [4.69, 9.17) is 16.3 Å². The Kier molecular flexibility index (Phi) is 4.92. The van der Waals surface area contributed by atoms with Crippen molar-refractivity contribution in [3.8, 4) is 0 Å². The zero-order valence-corrected chi connectivity index (χ0v) is 11.4. The molecule has 1 N–H and O–H groups in total.